The minimum absolute atomic E-state index is 0.300. The van der Waals surface area contributed by atoms with Crippen molar-refractivity contribution in [2.45, 2.75) is 6.92 Å². The summed E-state index contributed by atoms with van der Waals surface area (Å²) in [5.74, 6) is -0.300. The Morgan fingerprint density at radius 3 is 3.04 bits per heavy atom. The number of hydrogen-bond acceptors (Lipinski definition) is 7. The number of nitrogens with zero attached hydrogens (tertiary/aromatic N) is 5. The van der Waals surface area contributed by atoms with Crippen molar-refractivity contribution in [2.75, 3.05) is 5.32 Å². The van der Waals surface area contributed by atoms with Gasteiger partial charge in [0.2, 0.25) is 5.13 Å². The first-order valence-electron chi connectivity index (χ1n) is 6.69. The van der Waals surface area contributed by atoms with E-state index in [9.17, 15) is 4.79 Å². The van der Waals surface area contributed by atoms with Crippen molar-refractivity contribution < 1.29 is 4.79 Å². The lowest BCUT2D eigenvalue weighted by Crippen LogP contribution is -2.12. The molecule has 4 aromatic rings. The maximum absolute atomic E-state index is 12.4. The lowest BCUT2D eigenvalue weighted by atomic mass is 10.3. The second-order valence-electron chi connectivity index (χ2n) is 4.77. The molecular weight excluding hydrogens is 332 g/mol. The van der Waals surface area contributed by atoms with Crippen LogP contribution in [0, 0.1) is 6.92 Å². The van der Waals surface area contributed by atoms with E-state index in [0.29, 0.717) is 16.3 Å². The van der Waals surface area contributed by atoms with E-state index < -0.39 is 0 Å². The number of aromatic nitrogens is 5. The first kappa shape index (κ1) is 14.0. The van der Waals surface area contributed by atoms with Crippen LogP contribution in [0.25, 0.3) is 16.2 Å². The predicted molar refractivity (Wildman–Crippen MR) is 88.9 cm³/mol. The summed E-state index contributed by atoms with van der Waals surface area (Å²) in [4.78, 5) is 16.8. The SMILES string of the molecule is Cc1ccn2ncc(C(=O)Nc3nnc(-c4ccsc4)s3)c2n1. The fourth-order valence-electron chi connectivity index (χ4n) is 2.06. The van der Waals surface area contributed by atoms with Crippen LogP contribution in [0.3, 0.4) is 0 Å². The van der Waals surface area contributed by atoms with Gasteiger partial charge in [-0.25, -0.2) is 9.50 Å². The largest absolute Gasteiger partial charge is 0.296 e. The predicted octanol–water partition coefficient (Wildman–Crippen LogP) is 2.87. The summed E-state index contributed by atoms with van der Waals surface area (Å²) < 4.78 is 1.57. The van der Waals surface area contributed by atoms with Crippen molar-refractivity contribution in [3.05, 3.63) is 46.5 Å². The quantitative estimate of drug-likeness (QED) is 0.619. The van der Waals surface area contributed by atoms with E-state index in [1.165, 1.54) is 17.5 Å². The van der Waals surface area contributed by atoms with Gasteiger partial charge in [0.15, 0.2) is 5.65 Å². The fourth-order valence-corrected chi connectivity index (χ4v) is 3.51. The van der Waals surface area contributed by atoms with Gasteiger partial charge in [-0.1, -0.05) is 11.3 Å². The van der Waals surface area contributed by atoms with Crippen molar-refractivity contribution in [1.82, 2.24) is 24.8 Å². The fraction of sp³-hybridized carbons (Fsp3) is 0.0714. The first-order chi connectivity index (χ1) is 11.2. The summed E-state index contributed by atoms with van der Waals surface area (Å²) in [5, 5.41) is 20.2. The number of fused-ring (bicyclic) bond motifs is 1. The molecule has 9 heteroatoms. The highest BCUT2D eigenvalue weighted by Gasteiger charge is 2.16. The lowest BCUT2D eigenvalue weighted by molar-refractivity contribution is 0.102. The second kappa shape index (κ2) is 5.52. The summed E-state index contributed by atoms with van der Waals surface area (Å²) >= 11 is 2.92. The van der Waals surface area contributed by atoms with Crippen molar-refractivity contribution in [1.29, 1.82) is 0 Å². The summed E-state index contributed by atoms with van der Waals surface area (Å²) in [6.07, 6.45) is 3.27. The van der Waals surface area contributed by atoms with E-state index >= 15 is 0 Å². The molecule has 0 saturated heterocycles. The number of carbonyl (C=O) groups is 1. The topological polar surface area (TPSA) is 85.1 Å². The van der Waals surface area contributed by atoms with E-state index in [4.69, 9.17) is 0 Å². The monoisotopic (exact) mass is 342 g/mol. The van der Waals surface area contributed by atoms with Gasteiger partial charge in [-0.05, 0) is 24.4 Å². The molecule has 0 unspecified atom stereocenters. The van der Waals surface area contributed by atoms with E-state index in [1.807, 2.05) is 29.8 Å². The smallest absolute Gasteiger partial charge is 0.262 e. The van der Waals surface area contributed by atoms with Crippen molar-refractivity contribution in [3.63, 3.8) is 0 Å². The Kier molecular flexibility index (Phi) is 3.36. The summed E-state index contributed by atoms with van der Waals surface area (Å²) in [6.45, 7) is 1.87. The van der Waals surface area contributed by atoms with Gasteiger partial charge in [0.1, 0.15) is 10.6 Å². The van der Waals surface area contributed by atoms with Crippen LogP contribution in [0.4, 0.5) is 5.13 Å². The molecule has 4 rings (SSSR count). The molecule has 7 nitrogen and oxygen atoms in total. The van der Waals surface area contributed by atoms with Crippen molar-refractivity contribution in [2.24, 2.45) is 0 Å². The van der Waals surface area contributed by atoms with Crippen LogP contribution < -0.4 is 5.32 Å². The molecule has 4 heterocycles. The maximum atomic E-state index is 12.4. The van der Waals surface area contributed by atoms with Gasteiger partial charge in [0.25, 0.3) is 5.91 Å². The Labute approximate surface area is 138 Å². The molecule has 0 bridgehead atoms. The number of carbonyl (C=O) groups excluding carboxylic acids is 1. The molecular formula is C14H10N6OS2. The van der Waals surface area contributed by atoms with E-state index in [-0.39, 0.29) is 5.91 Å². The Morgan fingerprint density at radius 1 is 1.30 bits per heavy atom. The molecule has 0 spiro atoms. The zero-order valence-electron chi connectivity index (χ0n) is 11.9. The number of nitrogens with one attached hydrogen (secondary N) is 1. The molecule has 0 aliphatic rings. The summed E-state index contributed by atoms with van der Waals surface area (Å²) in [6, 6.07) is 3.80. The lowest BCUT2D eigenvalue weighted by Gasteiger charge is -1.99. The Balaban J connectivity index is 1.61. The van der Waals surface area contributed by atoms with Gasteiger partial charge in [0, 0.05) is 22.8 Å². The van der Waals surface area contributed by atoms with Gasteiger partial charge in [-0.3, -0.25) is 10.1 Å². The highest BCUT2D eigenvalue weighted by atomic mass is 32.1. The number of anilines is 1. The molecule has 1 N–H and O–H groups in total. The van der Waals surface area contributed by atoms with Gasteiger partial charge in [0.05, 0.1) is 6.20 Å². The van der Waals surface area contributed by atoms with Crippen LogP contribution in [-0.4, -0.2) is 30.7 Å². The first-order valence-corrected chi connectivity index (χ1v) is 8.45. The van der Waals surface area contributed by atoms with Gasteiger partial charge >= 0.3 is 0 Å². The van der Waals surface area contributed by atoms with Crippen LogP contribution in [0.2, 0.25) is 0 Å². The number of hydrogen-bond donors (Lipinski definition) is 1. The Hall–Kier alpha value is -2.65. The number of aryl methyl sites for hydroxylation is 1. The van der Waals surface area contributed by atoms with E-state index in [1.54, 1.807) is 22.0 Å². The molecule has 4 aromatic heterocycles. The normalized spacial score (nSPS) is 11.0. The molecule has 23 heavy (non-hydrogen) atoms. The second-order valence-corrected chi connectivity index (χ2v) is 6.53. The van der Waals surface area contributed by atoms with Crippen molar-refractivity contribution >= 4 is 39.4 Å². The third kappa shape index (κ3) is 2.60. The standard InChI is InChI=1S/C14H10N6OS2/c1-8-2-4-20-11(16-8)10(6-15-20)12(21)17-14-19-18-13(23-14)9-3-5-22-7-9/h2-7H,1H3,(H,17,19,21). The highest BCUT2D eigenvalue weighted by molar-refractivity contribution is 7.19. The van der Waals surface area contributed by atoms with Gasteiger partial charge in [-0.15, -0.1) is 10.2 Å². The number of amides is 1. The van der Waals surface area contributed by atoms with Crippen LogP contribution >= 0.6 is 22.7 Å². The average molecular weight is 342 g/mol. The maximum Gasteiger partial charge on any atom is 0.262 e. The summed E-state index contributed by atoms with van der Waals surface area (Å²) in [5.41, 5.74) is 2.75. The van der Waals surface area contributed by atoms with Crippen LogP contribution in [0.5, 0.6) is 0 Å². The molecule has 0 radical (unpaired) electrons. The van der Waals surface area contributed by atoms with Gasteiger partial charge in [-0.2, -0.15) is 16.4 Å². The molecule has 0 aliphatic carbocycles. The van der Waals surface area contributed by atoms with Crippen molar-refractivity contribution in [3.8, 4) is 10.6 Å². The Bertz CT molecular complexity index is 988. The van der Waals surface area contributed by atoms with Crippen LogP contribution in [0.1, 0.15) is 16.1 Å². The highest BCUT2D eigenvalue weighted by Crippen LogP contribution is 2.28. The molecule has 114 valence electrons. The molecule has 0 aromatic carbocycles. The van der Waals surface area contributed by atoms with E-state index in [2.05, 4.69) is 25.6 Å². The van der Waals surface area contributed by atoms with Gasteiger partial charge < -0.3 is 0 Å². The molecule has 0 aliphatic heterocycles. The zero-order valence-corrected chi connectivity index (χ0v) is 13.6. The molecule has 0 saturated carbocycles. The third-order valence-corrected chi connectivity index (χ3v) is 4.74. The minimum Gasteiger partial charge on any atom is -0.296 e. The molecule has 0 fully saturated rings. The number of thiophene rings is 1. The van der Waals surface area contributed by atoms with Crippen LogP contribution in [0.15, 0.2) is 35.3 Å². The minimum atomic E-state index is -0.300. The molecule has 0 atom stereocenters. The summed E-state index contributed by atoms with van der Waals surface area (Å²) in [7, 11) is 0. The van der Waals surface area contributed by atoms with Crippen LogP contribution in [-0.2, 0) is 0 Å². The third-order valence-electron chi connectivity index (χ3n) is 3.17. The van der Waals surface area contributed by atoms with E-state index in [0.717, 1.165) is 16.3 Å². The number of rotatable bonds is 3. The zero-order chi connectivity index (χ0) is 15.8. The average Bonchev–Trinajstić information content (AvgIpc) is 3.26. The molecule has 1 amide bonds. The Morgan fingerprint density at radius 2 is 2.22 bits per heavy atom.